The van der Waals surface area contributed by atoms with E-state index >= 15 is 0 Å². The first-order valence-corrected chi connectivity index (χ1v) is 9.41. The van der Waals surface area contributed by atoms with E-state index in [2.05, 4.69) is 10.6 Å². The quantitative estimate of drug-likeness (QED) is 0.165. The Balaban J connectivity index is 2.76. The van der Waals surface area contributed by atoms with Gasteiger partial charge in [-0.3, -0.25) is 14.9 Å². The Morgan fingerprint density at radius 1 is 1.21 bits per heavy atom. The molecule has 1 atom stereocenters. The van der Waals surface area contributed by atoms with Crippen molar-refractivity contribution in [3.8, 4) is 5.75 Å². The molecule has 10 nitrogen and oxygen atoms in total. The van der Waals surface area contributed by atoms with Crippen LogP contribution in [0.15, 0.2) is 24.3 Å². The summed E-state index contributed by atoms with van der Waals surface area (Å²) in [6, 6.07) is 3.91. The van der Waals surface area contributed by atoms with Crippen molar-refractivity contribution in [2.75, 3.05) is 11.6 Å². The van der Waals surface area contributed by atoms with Crippen LogP contribution >= 0.6 is 11.8 Å². The maximum atomic E-state index is 12.4. The predicted molar refractivity (Wildman–Crippen MR) is 103 cm³/mol. The molecule has 0 radical (unpaired) electrons. The number of thioether (sulfide) groups is 1. The Hall–Kier alpha value is -2.82. The van der Waals surface area contributed by atoms with Crippen LogP contribution in [0.5, 0.6) is 5.75 Å². The third-order valence-electron chi connectivity index (χ3n) is 2.95. The molecule has 0 aliphatic heterocycles. The minimum absolute atomic E-state index is 0.0958. The average molecular weight is 413 g/mol. The molecule has 154 valence electrons. The number of nitrogens with one attached hydrogen (secondary N) is 2. The highest BCUT2D eigenvalue weighted by molar-refractivity contribution is 7.99. The van der Waals surface area contributed by atoms with Gasteiger partial charge in [0.2, 0.25) is 5.91 Å². The number of nitro groups is 1. The molecular formula is C17H23N3O7S. The number of benzene rings is 1. The summed E-state index contributed by atoms with van der Waals surface area (Å²) in [6.45, 7) is 6.41. The van der Waals surface area contributed by atoms with Crippen molar-refractivity contribution in [1.29, 1.82) is 0 Å². The zero-order chi connectivity index (χ0) is 21.3. The standard InChI is InChI=1S/C17H23N3O7S/c1-11(21)18-10-28-9-14(19-16(23)27-17(2,3)4)15(22)26-13-7-5-12(6-8-13)20(24)25/h5-8,14H,9-10H2,1-4H3,(H,18,21)(H,19,23)/t14-/m0/s1. The Kier molecular flexibility index (Phi) is 8.71. The van der Waals surface area contributed by atoms with Crippen molar-refractivity contribution < 1.29 is 28.8 Å². The van der Waals surface area contributed by atoms with Crippen LogP contribution in [-0.4, -0.2) is 46.2 Å². The first-order chi connectivity index (χ1) is 13.0. The van der Waals surface area contributed by atoms with Crippen LogP contribution in [0, 0.1) is 10.1 Å². The van der Waals surface area contributed by atoms with E-state index in [1.54, 1.807) is 20.8 Å². The van der Waals surface area contributed by atoms with Gasteiger partial charge in [-0.25, -0.2) is 9.59 Å². The van der Waals surface area contributed by atoms with E-state index in [1.807, 2.05) is 0 Å². The van der Waals surface area contributed by atoms with Gasteiger partial charge in [-0.2, -0.15) is 0 Å². The molecule has 0 aromatic heterocycles. The van der Waals surface area contributed by atoms with Gasteiger partial charge in [0.25, 0.3) is 5.69 Å². The van der Waals surface area contributed by atoms with Gasteiger partial charge in [-0.05, 0) is 32.9 Å². The van der Waals surface area contributed by atoms with Crippen molar-refractivity contribution >= 4 is 35.4 Å². The summed E-state index contributed by atoms with van der Waals surface area (Å²) in [4.78, 5) is 45.4. The number of amides is 2. The number of hydrogen-bond donors (Lipinski definition) is 2. The number of ether oxygens (including phenoxy) is 2. The zero-order valence-electron chi connectivity index (χ0n) is 16.0. The molecule has 2 amide bonds. The summed E-state index contributed by atoms with van der Waals surface area (Å²) in [5.74, 6) is -0.538. The van der Waals surface area contributed by atoms with Crippen LogP contribution < -0.4 is 15.4 Å². The molecule has 0 fully saturated rings. The molecule has 0 unspecified atom stereocenters. The lowest BCUT2D eigenvalue weighted by molar-refractivity contribution is -0.384. The molecule has 28 heavy (non-hydrogen) atoms. The average Bonchev–Trinajstić information content (AvgIpc) is 2.56. The number of carbonyl (C=O) groups excluding carboxylic acids is 3. The Labute approximate surface area is 166 Å². The summed E-state index contributed by atoms with van der Waals surface area (Å²) in [6.07, 6.45) is -0.793. The molecule has 0 aliphatic carbocycles. The summed E-state index contributed by atoms with van der Waals surface area (Å²) in [5.41, 5.74) is -0.894. The van der Waals surface area contributed by atoms with Gasteiger partial charge in [0.1, 0.15) is 17.4 Å². The lowest BCUT2D eigenvalue weighted by Crippen LogP contribution is -2.47. The number of alkyl carbamates (subject to hydrolysis) is 1. The van der Waals surface area contributed by atoms with Crippen LogP contribution in [0.1, 0.15) is 27.7 Å². The van der Waals surface area contributed by atoms with Crippen LogP contribution in [0.4, 0.5) is 10.5 Å². The number of hydrogen-bond acceptors (Lipinski definition) is 8. The van der Waals surface area contributed by atoms with Gasteiger partial charge in [0.15, 0.2) is 0 Å². The van der Waals surface area contributed by atoms with Gasteiger partial charge in [-0.1, -0.05) is 0 Å². The largest absolute Gasteiger partial charge is 0.444 e. The fraction of sp³-hybridized carbons (Fsp3) is 0.471. The second kappa shape index (κ2) is 10.5. The van der Waals surface area contributed by atoms with Crippen LogP contribution in [0.3, 0.4) is 0 Å². The van der Waals surface area contributed by atoms with E-state index in [0.29, 0.717) is 0 Å². The summed E-state index contributed by atoms with van der Waals surface area (Å²) >= 11 is 1.20. The molecule has 1 rings (SSSR count). The Morgan fingerprint density at radius 2 is 1.82 bits per heavy atom. The highest BCUT2D eigenvalue weighted by atomic mass is 32.2. The van der Waals surface area contributed by atoms with Gasteiger partial charge in [0.05, 0.1) is 10.8 Å². The van der Waals surface area contributed by atoms with Crippen molar-refractivity contribution in [2.45, 2.75) is 39.3 Å². The van der Waals surface area contributed by atoms with Crippen molar-refractivity contribution in [3.05, 3.63) is 34.4 Å². The van der Waals surface area contributed by atoms with Gasteiger partial charge in [-0.15, -0.1) is 11.8 Å². The molecule has 1 aromatic carbocycles. The van der Waals surface area contributed by atoms with E-state index in [9.17, 15) is 24.5 Å². The molecule has 11 heteroatoms. The molecule has 0 heterocycles. The predicted octanol–water partition coefficient (Wildman–Crippen LogP) is 2.22. The molecule has 0 saturated heterocycles. The molecule has 0 spiro atoms. The Morgan fingerprint density at radius 3 is 2.32 bits per heavy atom. The lowest BCUT2D eigenvalue weighted by Gasteiger charge is -2.22. The van der Waals surface area contributed by atoms with E-state index in [4.69, 9.17) is 9.47 Å². The zero-order valence-corrected chi connectivity index (χ0v) is 16.8. The molecule has 1 aromatic rings. The second-order valence-electron chi connectivity index (χ2n) is 6.62. The molecule has 0 saturated carbocycles. The van der Waals surface area contributed by atoms with Crippen molar-refractivity contribution in [1.82, 2.24) is 10.6 Å². The number of nitrogens with zero attached hydrogens (tertiary/aromatic N) is 1. The normalized spacial score (nSPS) is 11.9. The summed E-state index contributed by atoms with van der Waals surface area (Å²) in [7, 11) is 0. The number of non-ortho nitro benzene ring substituents is 1. The monoisotopic (exact) mass is 413 g/mol. The summed E-state index contributed by atoms with van der Waals surface area (Å²) in [5, 5.41) is 15.7. The first kappa shape index (κ1) is 23.2. The SMILES string of the molecule is CC(=O)NCSC[C@H](NC(=O)OC(C)(C)C)C(=O)Oc1ccc([N+](=O)[O-])cc1. The van der Waals surface area contributed by atoms with Gasteiger partial charge >= 0.3 is 12.1 Å². The third kappa shape index (κ3) is 9.21. The number of carbonyl (C=O) groups is 3. The molecular weight excluding hydrogens is 390 g/mol. The van der Waals surface area contributed by atoms with E-state index in [1.165, 1.54) is 43.0 Å². The lowest BCUT2D eigenvalue weighted by atomic mass is 10.2. The number of nitro benzene ring substituents is 1. The minimum Gasteiger partial charge on any atom is -0.444 e. The van der Waals surface area contributed by atoms with Crippen molar-refractivity contribution in [2.24, 2.45) is 0 Å². The van der Waals surface area contributed by atoms with E-state index < -0.39 is 28.6 Å². The number of rotatable bonds is 8. The van der Waals surface area contributed by atoms with E-state index in [0.717, 1.165) is 0 Å². The highest BCUT2D eigenvalue weighted by Gasteiger charge is 2.26. The maximum absolute atomic E-state index is 12.4. The van der Waals surface area contributed by atoms with Crippen molar-refractivity contribution in [3.63, 3.8) is 0 Å². The van der Waals surface area contributed by atoms with E-state index in [-0.39, 0.29) is 29.0 Å². The smallest absolute Gasteiger partial charge is 0.408 e. The van der Waals surface area contributed by atoms with Crippen LogP contribution in [0.25, 0.3) is 0 Å². The minimum atomic E-state index is -1.05. The fourth-order valence-electron chi connectivity index (χ4n) is 1.77. The first-order valence-electron chi connectivity index (χ1n) is 8.26. The topological polar surface area (TPSA) is 137 Å². The summed E-state index contributed by atoms with van der Waals surface area (Å²) < 4.78 is 10.3. The van der Waals surface area contributed by atoms with Crippen LogP contribution in [0.2, 0.25) is 0 Å². The second-order valence-corrected chi connectivity index (χ2v) is 7.65. The highest BCUT2D eigenvalue weighted by Crippen LogP contribution is 2.18. The third-order valence-corrected chi connectivity index (χ3v) is 3.87. The number of esters is 1. The molecule has 2 N–H and O–H groups in total. The molecule has 0 bridgehead atoms. The van der Waals surface area contributed by atoms with Crippen LogP contribution in [-0.2, 0) is 14.3 Å². The fourth-order valence-corrected chi connectivity index (χ4v) is 2.65. The van der Waals surface area contributed by atoms with Gasteiger partial charge < -0.3 is 20.1 Å². The van der Waals surface area contributed by atoms with Gasteiger partial charge in [0, 0.05) is 24.8 Å². The maximum Gasteiger partial charge on any atom is 0.408 e. The Bertz CT molecular complexity index is 716. The molecule has 0 aliphatic rings.